The van der Waals surface area contributed by atoms with Crippen LogP contribution in [0.4, 0.5) is 18.9 Å². The van der Waals surface area contributed by atoms with Crippen LogP contribution in [0.2, 0.25) is 0 Å². The molecular weight excluding hydrogens is 371 g/mol. The second-order valence-electron chi connectivity index (χ2n) is 7.21. The van der Waals surface area contributed by atoms with E-state index in [4.69, 9.17) is 9.47 Å². The predicted octanol–water partition coefficient (Wildman–Crippen LogP) is 4.74. The Bertz CT molecular complexity index is 869. The number of methoxy groups -OCH3 is 1. The first kappa shape index (κ1) is 18.8. The zero-order chi connectivity index (χ0) is 19.9. The molecule has 28 heavy (non-hydrogen) atoms. The lowest BCUT2D eigenvalue weighted by molar-refractivity contribution is -0.156. The Labute approximate surface area is 160 Å². The molecule has 2 aliphatic rings. The van der Waals surface area contributed by atoms with E-state index in [1.165, 1.54) is 13.2 Å². The number of rotatable bonds is 2. The fraction of sp³-hybridized carbons (Fsp3) is 0.381. The molecule has 1 saturated heterocycles. The average Bonchev–Trinajstić information content (AvgIpc) is 2.71. The topological polar surface area (TPSA) is 47.6 Å². The third-order valence-electron chi connectivity index (χ3n) is 5.54. The van der Waals surface area contributed by atoms with Gasteiger partial charge < -0.3 is 14.8 Å². The molecule has 4 unspecified atom stereocenters. The monoisotopic (exact) mass is 391 g/mol. The van der Waals surface area contributed by atoms with Crippen molar-refractivity contribution in [2.75, 3.05) is 19.0 Å². The Balaban J connectivity index is 1.75. The molecular formula is C21H20F3NO3. The van der Waals surface area contributed by atoms with Crippen LogP contribution < -0.4 is 5.32 Å². The fourth-order valence-corrected chi connectivity index (χ4v) is 4.20. The van der Waals surface area contributed by atoms with Crippen molar-refractivity contribution in [2.24, 2.45) is 11.8 Å². The van der Waals surface area contributed by atoms with Crippen molar-refractivity contribution < 1.29 is 27.4 Å². The largest absolute Gasteiger partial charge is 0.469 e. The zero-order valence-electron chi connectivity index (χ0n) is 15.2. The van der Waals surface area contributed by atoms with Gasteiger partial charge in [-0.2, -0.15) is 13.2 Å². The highest BCUT2D eigenvalue weighted by molar-refractivity contribution is 5.72. The molecule has 4 nitrogen and oxygen atoms in total. The number of anilines is 1. The van der Waals surface area contributed by atoms with Crippen LogP contribution >= 0.6 is 0 Å². The number of carbonyl (C=O) groups is 1. The van der Waals surface area contributed by atoms with E-state index >= 15 is 0 Å². The summed E-state index contributed by atoms with van der Waals surface area (Å²) in [6.45, 7) is 0.130. The second kappa shape index (κ2) is 7.13. The molecule has 7 heteroatoms. The van der Waals surface area contributed by atoms with Crippen LogP contribution in [0.5, 0.6) is 0 Å². The summed E-state index contributed by atoms with van der Waals surface area (Å²) in [6.07, 6.45) is -4.48. The summed E-state index contributed by atoms with van der Waals surface area (Å²) in [7, 11) is 1.33. The molecule has 2 aliphatic heterocycles. The molecule has 4 rings (SSSR count). The number of ether oxygens (including phenoxy) is 2. The van der Waals surface area contributed by atoms with Crippen LogP contribution in [-0.4, -0.2) is 19.7 Å². The number of nitrogens with one attached hydrogen (secondary N) is 1. The number of fused-ring (bicyclic) bond motifs is 3. The first-order chi connectivity index (χ1) is 13.4. The lowest BCUT2D eigenvalue weighted by Crippen LogP contribution is -2.41. The Hall–Kier alpha value is -2.54. The van der Waals surface area contributed by atoms with Gasteiger partial charge in [0.25, 0.3) is 0 Å². The fourth-order valence-electron chi connectivity index (χ4n) is 4.20. The first-order valence-corrected chi connectivity index (χ1v) is 9.10. The zero-order valence-corrected chi connectivity index (χ0v) is 15.2. The van der Waals surface area contributed by atoms with E-state index in [1.54, 1.807) is 0 Å². The Morgan fingerprint density at radius 3 is 2.61 bits per heavy atom. The standard InChI is InChI=1S/C21H20F3NO3/c1-27-20(26)13-9-16-18(12-5-3-2-4-6-12)25-17-8-7-14(21(22,23)24)10-15(17)19(16)28-11-13/h2-8,10,13,16,18-19,25H,9,11H2,1H3. The summed E-state index contributed by atoms with van der Waals surface area (Å²) < 4.78 is 50.5. The van der Waals surface area contributed by atoms with E-state index in [0.717, 1.165) is 17.7 Å². The van der Waals surface area contributed by atoms with Gasteiger partial charge >= 0.3 is 12.1 Å². The van der Waals surface area contributed by atoms with E-state index in [2.05, 4.69) is 5.32 Å². The van der Waals surface area contributed by atoms with Gasteiger partial charge in [0, 0.05) is 17.2 Å². The summed E-state index contributed by atoms with van der Waals surface area (Å²) in [5.74, 6) is -0.997. The number of benzene rings is 2. The van der Waals surface area contributed by atoms with Gasteiger partial charge in [-0.15, -0.1) is 0 Å². The van der Waals surface area contributed by atoms with Gasteiger partial charge in [0.15, 0.2) is 0 Å². The SMILES string of the molecule is COC(=O)C1COC2c3cc(C(F)(F)F)ccc3NC(c3ccccc3)C2C1. The van der Waals surface area contributed by atoms with Gasteiger partial charge in [-0.25, -0.2) is 0 Å². The highest BCUT2D eigenvalue weighted by Gasteiger charge is 2.45. The molecule has 0 aromatic heterocycles. The van der Waals surface area contributed by atoms with Crippen molar-refractivity contribution in [2.45, 2.75) is 24.7 Å². The summed E-state index contributed by atoms with van der Waals surface area (Å²) in [4.78, 5) is 12.0. The van der Waals surface area contributed by atoms with Crippen molar-refractivity contribution in [3.05, 3.63) is 65.2 Å². The molecule has 1 N–H and O–H groups in total. The Kier molecular flexibility index (Phi) is 4.79. The van der Waals surface area contributed by atoms with Crippen molar-refractivity contribution in [1.82, 2.24) is 0 Å². The van der Waals surface area contributed by atoms with E-state index in [9.17, 15) is 18.0 Å². The quantitative estimate of drug-likeness (QED) is 0.752. The molecule has 0 aliphatic carbocycles. The summed E-state index contributed by atoms with van der Waals surface area (Å²) in [6, 6.07) is 13.2. The number of carbonyl (C=O) groups excluding carboxylic acids is 1. The minimum absolute atomic E-state index is 0.130. The van der Waals surface area contributed by atoms with Crippen LogP contribution in [0.15, 0.2) is 48.5 Å². The van der Waals surface area contributed by atoms with E-state index < -0.39 is 23.8 Å². The van der Waals surface area contributed by atoms with Crippen molar-refractivity contribution >= 4 is 11.7 Å². The minimum atomic E-state index is -4.43. The lowest BCUT2D eigenvalue weighted by Gasteiger charge is -2.45. The van der Waals surface area contributed by atoms with E-state index in [1.807, 2.05) is 30.3 Å². The molecule has 4 atom stereocenters. The highest BCUT2D eigenvalue weighted by Crippen LogP contribution is 2.51. The van der Waals surface area contributed by atoms with Crippen LogP contribution in [-0.2, 0) is 20.4 Å². The van der Waals surface area contributed by atoms with Crippen molar-refractivity contribution in [3.8, 4) is 0 Å². The second-order valence-corrected chi connectivity index (χ2v) is 7.21. The third-order valence-corrected chi connectivity index (χ3v) is 5.54. The van der Waals surface area contributed by atoms with Gasteiger partial charge in [0.2, 0.25) is 0 Å². The van der Waals surface area contributed by atoms with Gasteiger partial charge in [-0.05, 0) is 30.2 Å². The van der Waals surface area contributed by atoms with Crippen LogP contribution in [0.1, 0.15) is 35.3 Å². The molecule has 0 radical (unpaired) electrons. The summed E-state index contributed by atoms with van der Waals surface area (Å²) >= 11 is 0. The third kappa shape index (κ3) is 3.35. The molecule has 2 aromatic rings. The molecule has 148 valence electrons. The number of hydrogen-bond acceptors (Lipinski definition) is 4. The first-order valence-electron chi connectivity index (χ1n) is 9.10. The maximum Gasteiger partial charge on any atom is 0.416 e. The van der Waals surface area contributed by atoms with Crippen LogP contribution in [0, 0.1) is 11.8 Å². The number of hydrogen-bond donors (Lipinski definition) is 1. The predicted molar refractivity (Wildman–Crippen MR) is 96.6 cm³/mol. The number of esters is 1. The van der Waals surface area contributed by atoms with Crippen LogP contribution in [0.3, 0.4) is 0 Å². The Morgan fingerprint density at radius 1 is 1.18 bits per heavy atom. The molecule has 1 fully saturated rings. The average molecular weight is 391 g/mol. The molecule has 0 saturated carbocycles. The lowest BCUT2D eigenvalue weighted by atomic mass is 9.74. The summed E-state index contributed by atoms with van der Waals surface area (Å²) in [5.41, 5.74) is 1.40. The van der Waals surface area contributed by atoms with Crippen molar-refractivity contribution in [3.63, 3.8) is 0 Å². The molecule has 2 aromatic carbocycles. The molecule has 0 bridgehead atoms. The molecule has 2 heterocycles. The molecule has 0 spiro atoms. The normalized spacial score (nSPS) is 26.6. The maximum atomic E-state index is 13.2. The van der Waals surface area contributed by atoms with Gasteiger partial charge in [0.1, 0.15) is 0 Å². The highest BCUT2D eigenvalue weighted by atomic mass is 19.4. The van der Waals surface area contributed by atoms with E-state index in [-0.39, 0.29) is 24.5 Å². The smallest absolute Gasteiger partial charge is 0.416 e. The number of halogens is 3. The van der Waals surface area contributed by atoms with Gasteiger partial charge in [-0.1, -0.05) is 30.3 Å². The Morgan fingerprint density at radius 2 is 1.93 bits per heavy atom. The van der Waals surface area contributed by atoms with Gasteiger partial charge in [-0.3, -0.25) is 4.79 Å². The summed E-state index contributed by atoms with van der Waals surface area (Å²) in [5, 5.41) is 3.37. The van der Waals surface area contributed by atoms with Crippen molar-refractivity contribution in [1.29, 1.82) is 0 Å². The van der Waals surface area contributed by atoms with Gasteiger partial charge in [0.05, 0.1) is 37.3 Å². The van der Waals surface area contributed by atoms with Crippen LogP contribution in [0.25, 0.3) is 0 Å². The number of alkyl halides is 3. The maximum absolute atomic E-state index is 13.2. The van der Waals surface area contributed by atoms with E-state index in [0.29, 0.717) is 17.7 Å². The minimum Gasteiger partial charge on any atom is -0.469 e. The molecule has 0 amide bonds.